The van der Waals surface area contributed by atoms with Gasteiger partial charge in [-0.25, -0.2) is 4.68 Å². The fraction of sp³-hybridized carbons (Fsp3) is 0.393. The number of benzene rings is 2. The predicted octanol–water partition coefficient (Wildman–Crippen LogP) is 4.84. The zero-order chi connectivity index (χ0) is 23.3. The molecule has 1 N–H and O–H groups in total. The Hall–Kier alpha value is -3.41. The highest BCUT2D eigenvalue weighted by atomic mass is 16.2. The lowest BCUT2D eigenvalue weighted by molar-refractivity contribution is -0.137. The molecule has 2 amide bonds. The van der Waals surface area contributed by atoms with Gasteiger partial charge in [0.25, 0.3) is 5.91 Å². The minimum Gasteiger partial charge on any atom is -0.349 e. The van der Waals surface area contributed by atoms with Crippen LogP contribution in [0.3, 0.4) is 0 Å². The van der Waals surface area contributed by atoms with Crippen LogP contribution in [0.5, 0.6) is 0 Å². The van der Waals surface area contributed by atoms with E-state index in [9.17, 15) is 9.59 Å². The molecule has 2 fully saturated rings. The Bertz CT molecular complexity index is 1110. The monoisotopic (exact) mass is 456 g/mol. The molecule has 34 heavy (non-hydrogen) atoms. The van der Waals surface area contributed by atoms with E-state index in [-0.39, 0.29) is 17.9 Å². The van der Waals surface area contributed by atoms with Gasteiger partial charge in [0.15, 0.2) is 0 Å². The van der Waals surface area contributed by atoms with Gasteiger partial charge in [0.05, 0.1) is 11.3 Å². The number of carbonyl (C=O) groups excluding carboxylic acids is 2. The first-order chi connectivity index (χ1) is 16.7. The van der Waals surface area contributed by atoms with Crippen LogP contribution in [0, 0.1) is 5.92 Å². The molecule has 0 atom stereocenters. The van der Waals surface area contributed by atoms with E-state index in [2.05, 4.69) is 5.32 Å². The third-order valence-corrected chi connectivity index (χ3v) is 7.12. The third-order valence-electron chi connectivity index (χ3n) is 7.12. The molecule has 176 valence electrons. The highest BCUT2D eigenvalue weighted by molar-refractivity contribution is 6.00. The van der Waals surface area contributed by atoms with Gasteiger partial charge in [-0.1, -0.05) is 67.8 Å². The van der Waals surface area contributed by atoms with Crippen LogP contribution in [-0.4, -0.2) is 45.6 Å². The second kappa shape index (κ2) is 10.2. The van der Waals surface area contributed by atoms with Gasteiger partial charge < -0.3 is 10.2 Å². The number of piperidine rings is 1. The fourth-order valence-electron chi connectivity index (χ4n) is 5.18. The Labute approximate surface area is 201 Å². The lowest BCUT2D eigenvalue weighted by atomic mass is 9.87. The van der Waals surface area contributed by atoms with Crippen molar-refractivity contribution in [2.45, 2.75) is 51.0 Å². The molecule has 0 radical (unpaired) electrons. The minimum absolute atomic E-state index is 0.0617. The summed E-state index contributed by atoms with van der Waals surface area (Å²) in [6.45, 7) is 1.43. The summed E-state index contributed by atoms with van der Waals surface area (Å²) in [6.07, 6.45) is 9.05. The summed E-state index contributed by atoms with van der Waals surface area (Å²) < 4.78 is 1.77. The van der Waals surface area contributed by atoms with Crippen molar-refractivity contribution in [2.75, 3.05) is 13.1 Å². The van der Waals surface area contributed by atoms with E-state index >= 15 is 0 Å². The Balaban J connectivity index is 1.28. The van der Waals surface area contributed by atoms with Crippen LogP contribution in [0.2, 0.25) is 0 Å². The number of rotatable bonds is 5. The maximum atomic E-state index is 13.4. The Morgan fingerprint density at radius 2 is 1.47 bits per heavy atom. The Kier molecular flexibility index (Phi) is 6.74. The lowest BCUT2D eigenvalue weighted by Gasteiger charge is -2.35. The van der Waals surface area contributed by atoms with Gasteiger partial charge in [0.1, 0.15) is 5.69 Å². The van der Waals surface area contributed by atoms with Gasteiger partial charge in [-0.2, -0.15) is 5.10 Å². The quantitative estimate of drug-likeness (QED) is 0.597. The van der Waals surface area contributed by atoms with Gasteiger partial charge in [-0.15, -0.1) is 0 Å². The van der Waals surface area contributed by atoms with Crippen LogP contribution in [0.15, 0.2) is 66.9 Å². The van der Waals surface area contributed by atoms with Crippen molar-refractivity contribution in [2.24, 2.45) is 5.92 Å². The summed E-state index contributed by atoms with van der Waals surface area (Å²) in [6, 6.07) is 19.7. The highest BCUT2D eigenvalue weighted by Crippen LogP contribution is 2.27. The van der Waals surface area contributed by atoms with E-state index in [0.29, 0.717) is 17.2 Å². The molecule has 5 rings (SSSR count). The lowest BCUT2D eigenvalue weighted by Crippen LogP contribution is -2.48. The number of nitrogens with one attached hydrogen (secondary N) is 1. The van der Waals surface area contributed by atoms with Crippen LogP contribution in [-0.2, 0) is 4.79 Å². The van der Waals surface area contributed by atoms with Crippen molar-refractivity contribution < 1.29 is 9.59 Å². The molecule has 1 aliphatic carbocycles. The summed E-state index contributed by atoms with van der Waals surface area (Å²) in [5, 5.41) is 7.97. The van der Waals surface area contributed by atoms with E-state index in [4.69, 9.17) is 5.10 Å². The van der Waals surface area contributed by atoms with Gasteiger partial charge in [-0.05, 0) is 37.8 Å². The average molecular weight is 457 g/mol. The molecule has 6 heteroatoms. The van der Waals surface area contributed by atoms with Crippen molar-refractivity contribution >= 4 is 11.8 Å². The van der Waals surface area contributed by atoms with E-state index in [1.165, 1.54) is 19.3 Å². The second-order valence-electron chi connectivity index (χ2n) is 9.45. The number of carbonyl (C=O) groups is 2. The molecule has 0 unspecified atom stereocenters. The smallest absolute Gasteiger partial charge is 0.255 e. The van der Waals surface area contributed by atoms with Crippen LogP contribution < -0.4 is 5.32 Å². The van der Waals surface area contributed by atoms with Gasteiger partial charge in [0.2, 0.25) is 5.91 Å². The molecule has 0 spiro atoms. The summed E-state index contributed by atoms with van der Waals surface area (Å²) >= 11 is 0. The predicted molar refractivity (Wildman–Crippen MR) is 133 cm³/mol. The number of likely N-dealkylation sites (tertiary alicyclic amines) is 1. The molecule has 3 aromatic rings. The molecule has 1 aromatic heterocycles. The topological polar surface area (TPSA) is 67.2 Å². The van der Waals surface area contributed by atoms with Gasteiger partial charge in [0, 0.05) is 36.8 Å². The van der Waals surface area contributed by atoms with Crippen LogP contribution in [0.1, 0.15) is 55.3 Å². The summed E-state index contributed by atoms with van der Waals surface area (Å²) in [7, 11) is 0. The molecule has 2 heterocycles. The Morgan fingerprint density at radius 1 is 0.824 bits per heavy atom. The van der Waals surface area contributed by atoms with Crippen molar-refractivity contribution in [3.63, 3.8) is 0 Å². The summed E-state index contributed by atoms with van der Waals surface area (Å²) in [5.74, 6) is 0.412. The molecule has 2 aliphatic rings. The van der Waals surface area contributed by atoms with Crippen molar-refractivity contribution in [3.8, 4) is 16.9 Å². The SMILES string of the molecule is O=C(NC1CCN(C(=O)C2CCCCC2)CC1)c1cn(-c2ccccc2)nc1-c1ccccc1. The highest BCUT2D eigenvalue weighted by Gasteiger charge is 2.30. The average Bonchev–Trinajstić information content (AvgIpc) is 3.36. The van der Waals surface area contributed by atoms with Crippen LogP contribution in [0.4, 0.5) is 0 Å². The first kappa shape index (κ1) is 22.4. The number of hydrogen-bond donors (Lipinski definition) is 1. The minimum atomic E-state index is -0.113. The summed E-state index contributed by atoms with van der Waals surface area (Å²) in [4.78, 5) is 28.3. The van der Waals surface area contributed by atoms with Crippen molar-refractivity contribution in [1.29, 1.82) is 0 Å². The van der Waals surface area contributed by atoms with Gasteiger partial charge in [-0.3, -0.25) is 9.59 Å². The molecule has 2 aromatic carbocycles. The molecule has 6 nitrogen and oxygen atoms in total. The van der Waals surface area contributed by atoms with E-state index in [1.54, 1.807) is 4.68 Å². The number of aromatic nitrogens is 2. The third kappa shape index (κ3) is 4.91. The fourth-order valence-corrected chi connectivity index (χ4v) is 5.18. The Morgan fingerprint density at radius 3 is 2.15 bits per heavy atom. The maximum Gasteiger partial charge on any atom is 0.255 e. The zero-order valence-electron chi connectivity index (χ0n) is 19.5. The first-order valence-corrected chi connectivity index (χ1v) is 12.5. The standard InChI is InChI=1S/C28H32N4O2/c33-27(29-23-16-18-31(19-17-23)28(34)22-12-6-2-7-13-22)25-20-32(24-14-8-3-9-15-24)30-26(25)21-10-4-1-5-11-21/h1,3-5,8-11,14-15,20,22-23H,2,6-7,12-13,16-19H2,(H,29,33). The van der Waals surface area contributed by atoms with Crippen molar-refractivity contribution in [3.05, 3.63) is 72.4 Å². The molecule has 1 saturated heterocycles. The molecule has 0 bridgehead atoms. The number of nitrogens with zero attached hydrogens (tertiary/aromatic N) is 3. The van der Waals surface area contributed by atoms with E-state index in [1.807, 2.05) is 71.8 Å². The number of hydrogen-bond acceptors (Lipinski definition) is 3. The second-order valence-corrected chi connectivity index (χ2v) is 9.45. The summed E-state index contributed by atoms with van der Waals surface area (Å²) in [5.41, 5.74) is 3.06. The maximum absolute atomic E-state index is 13.4. The van der Waals surface area contributed by atoms with Crippen LogP contribution in [0.25, 0.3) is 16.9 Å². The normalized spacial score (nSPS) is 17.5. The van der Waals surface area contributed by atoms with Crippen molar-refractivity contribution in [1.82, 2.24) is 20.0 Å². The molecule has 1 aliphatic heterocycles. The first-order valence-electron chi connectivity index (χ1n) is 12.5. The van der Waals surface area contributed by atoms with E-state index in [0.717, 1.165) is 50.0 Å². The molecular formula is C28H32N4O2. The van der Waals surface area contributed by atoms with Crippen LogP contribution >= 0.6 is 0 Å². The molecular weight excluding hydrogens is 424 g/mol. The van der Waals surface area contributed by atoms with Gasteiger partial charge >= 0.3 is 0 Å². The zero-order valence-corrected chi connectivity index (χ0v) is 19.5. The largest absolute Gasteiger partial charge is 0.349 e. The number of amides is 2. The molecule has 1 saturated carbocycles. The number of para-hydroxylation sites is 1. The van der Waals surface area contributed by atoms with E-state index < -0.39 is 0 Å².